The number of carbonyl (C=O) groups excluding carboxylic acids is 2. The number of nitrogens with zero attached hydrogens (tertiary/aromatic N) is 2. The van der Waals surface area contributed by atoms with Crippen molar-refractivity contribution in [3.05, 3.63) is 66.2 Å². The Morgan fingerprint density at radius 3 is 1.70 bits per heavy atom. The van der Waals surface area contributed by atoms with E-state index in [1.54, 1.807) is 9.80 Å². The molecule has 27 heavy (non-hydrogen) atoms. The highest BCUT2D eigenvalue weighted by Crippen LogP contribution is 2.18. The molecule has 0 fully saturated rings. The van der Waals surface area contributed by atoms with Gasteiger partial charge in [-0.2, -0.15) is 0 Å². The van der Waals surface area contributed by atoms with E-state index in [0.29, 0.717) is 31.5 Å². The van der Waals surface area contributed by atoms with Crippen LogP contribution in [0, 0.1) is 11.8 Å². The molecule has 0 saturated heterocycles. The fourth-order valence-electron chi connectivity index (χ4n) is 3.03. The molecule has 2 rings (SSSR count). The van der Waals surface area contributed by atoms with Gasteiger partial charge in [0.15, 0.2) is 0 Å². The average Bonchev–Trinajstić information content (AvgIpc) is 2.65. The maximum absolute atomic E-state index is 13.2. The largest absolute Gasteiger partial charge is 0.334 e. The Hall–Kier alpha value is -2.62. The number of para-hydroxylation sites is 1. The van der Waals surface area contributed by atoms with Crippen molar-refractivity contribution in [1.82, 2.24) is 4.90 Å². The van der Waals surface area contributed by atoms with Crippen molar-refractivity contribution in [3.8, 4) is 0 Å². The maximum Gasteiger partial charge on any atom is 0.316 e. The Labute approximate surface area is 162 Å². The molecule has 0 aliphatic carbocycles. The molecule has 2 aromatic carbocycles. The highest BCUT2D eigenvalue weighted by atomic mass is 16.2. The molecule has 4 nitrogen and oxygen atoms in total. The van der Waals surface area contributed by atoms with Crippen molar-refractivity contribution in [2.75, 3.05) is 18.0 Å². The van der Waals surface area contributed by atoms with Gasteiger partial charge in [-0.15, -0.1) is 0 Å². The molecule has 2 aromatic rings. The van der Waals surface area contributed by atoms with Crippen LogP contribution in [0.1, 0.15) is 33.3 Å². The van der Waals surface area contributed by atoms with Gasteiger partial charge in [-0.05, 0) is 29.5 Å². The van der Waals surface area contributed by atoms with E-state index in [9.17, 15) is 9.59 Å². The average molecular weight is 367 g/mol. The van der Waals surface area contributed by atoms with Crippen molar-refractivity contribution >= 4 is 17.5 Å². The lowest BCUT2D eigenvalue weighted by Crippen LogP contribution is -2.47. The smallest absolute Gasteiger partial charge is 0.316 e. The van der Waals surface area contributed by atoms with E-state index in [0.717, 1.165) is 11.3 Å². The minimum Gasteiger partial charge on any atom is -0.334 e. The van der Waals surface area contributed by atoms with Crippen molar-refractivity contribution in [3.63, 3.8) is 0 Å². The summed E-state index contributed by atoms with van der Waals surface area (Å²) >= 11 is 0. The lowest BCUT2D eigenvalue weighted by Gasteiger charge is -2.29. The lowest BCUT2D eigenvalue weighted by molar-refractivity contribution is -0.145. The highest BCUT2D eigenvalue weighted by Gasteiger charge is 2.29. The molecule has 144 valence electrons. The van der Waals surface area contributed by atoms with Crippen molar-refractivity contribution in [2.24, 2.45) is 11.8 Å². The van der Waals surface area contributed by atoms with Gasteiger partial charge in [0.05, 0.1) is 6.54 Å². The van der Waals surface area contributed by atoms with Crippen LogP contribution < -0.4 is 4.90 Å². The third-order valence-corrected chi connectivity index (χ3v) is 4.14. The van der Waals surface area contributed by atoms with Gasteiger partial charge in [-0.25, -0.2) is 0 Å². The van der Waals surface area contributed by atoms with Gasteiger partial charge in [0.2, 0.25) is 0 Å². The van der Waals surface area contributed by atoms with Crippen LogP contribution in [0.25, 0.3) is 0 Å². The summed E-state index contributed by atoms with van der Waals surface area (Å²) in [6.45, 7) is 9.77. The third-order valence-electron chi connectivity index (χ3n) is 4.14. The minimum absolute atomic E-state index is 0.305. The normalized spacial score (nSPS) is 10.9. The van der Waals surface area contributed by atoms with E-state index in [-0.39, 0.29) is 0 Å². The molecule has 0 aromatic heterocycles. The first-order valence-electron chi connectivity index (χ1n) is 9.58. The zero-order valence-corrected chi connectivity index (χ0v) is 16.8. The van der Waals surface area contributed by atoms with E-state index in [1.807, 2.05) is 60.7 Å². The van der Waals surface area contributed by atoms with Crippen LogP contribution in [0.15, 0.2) is 60.7 Å². The Kier molecular flexibility index (Phi) is 7.59. The first-order chi connectivity index (χ1) is 12.9. The Balaban J connectivity index is 2.29. The summed E-state index contributed by atoms with van der Waals surface area (Å²) in [7, 11) is 0. The summed E-state index contributed by atoms with van der Waals surface area (Å²) in [5.41, 5.74) is 1.72. The fraction of sp³-hybridized carbons (Fsp3) is 0.391. The first-order valence-corrected chi connectivity index (χ1v) is 9.58. The topological polar surface area (TPSA) is 40.6 Å². The maximum atomic E-state index is 13.2. The molecule has 4 heteroatoms. The number of amides is 2. The molecule has 0 saturated carbocycles. The second-order valence-electron chi connectivity index (χ2n) is 7.71. The fourth-order valence-corrected chi connectivity index (χ4v) is 3.03. The van der Waals surface area contributed by atoms with Crippen LogP contribution in [0.5, 0.6) is 0 Å². The molecule has 0 aliphatic heterocycles. The van der Waals surface area contributed by atoms with E-state index >= 15 is 0 Å². The minimum atomic E-state index is -0.480. The van der Waals surface area contributed by atoms with E-state index < -0.39 is 11.8 Å². The van der Waals surface area contributed by atoms with Gasteiger partial charge in [0.1, 0.15) is 0 Å². The van der Waals surface area contributed by atoms with E-state index in [2.05, 4.69) is 27.7 Å². The molecule has 0 aliphatic rings. The zero-order chi connectivity index (χ0) is 19.8. The monoisotopic (exact) mass is 366 g/mol. The lowest BCUT2D eigenvalue weighted by atomic mass is 10.1. The van der Waals surface area contributed by atoms with Crippen LogP contribution in [0.4, 0.5) is 5.69 Å². The number of anilines is 1. The van der Waals surface area contributed by atoms with Gasteiger partial charge in [0, 0.05) is 18.8 Å². The summed E-state index contributed by atoms with van der Waals surface area (Å²) in [5.74, 6) is -0.303. The summed E-state index contributed by atoms with van der Waals surface area (Å²) in [6.07, 6.45) is 0. The van der Waals surface area contributed by atoms with Crippen molar-refractivity contribution in [2.45, 2.75) is 34.2 Å². The molecule has 2 amide bonds. The molecular weight excluding hydrogens is 336 g/mol. The molecule has 0 radical (unpaired) electrons. The van der Waals surface area contributed by atoms with Crippen molar-refractivity contribution in [1.29, 1.82) is 0 Å². The van der Waals surface area contributed by atoms with Gasteiger partial charge >= 0.3 is 11.8 Å². The molecule has 0 unspecified atom stereocenters. The van der Waals surface area contributed by atoms with Crippen LogP contribution in [0.3, 0.4) is 0 Å². The SMILES string of the molecule is CC(C)CN(CC(C)C)C(=O)C(=O)N(Cc1ccccc1)c1ccccc1. The van der Waals surface area contributed by atoms with Crippen LogP contribution >= 0.6 is 0 Å². The molecule has 0 bridgehead atoms. The summed E-state index contributed by atoms with van der Waals surface area (Å²) in [6, 6.07) is 19.1. The van der Waals surface area contributed by atoms with E-state index in [4.69, 9.17) is 0 Å². The summed E-state index contributed by atoms with van der Waals surface area (Å²) < 4.78 is 0. The summed E-state index contributed by atoms with van der Waals surface area (Å²) in [4.78, 5) is 29.5. The standard InChI is InChI=1S/C23H30N2O2/c1-18(2)15-24(16-19(3)4)22(26)23(27)25(21-13-9-6-10-14-21)17-20-11-7-5-8-12-20/h5-14,18-19H,15-17H2,1-4H3. The predicted octanol–water partition coefficient (Wildman–Crippen LogP) is 4.36. The Bertz CT molecular complexity index is 717. The molecular formula is C23H30N2O2. The highest BCUT2D eigenvalue weighted by molar-refractivity contribution is 6.40. The summed E-state index contributed by atoms with van der Waals surface area (Å²) in [5, 5.41) is 0. The van der Waals surface area contributed by atoms with Gasteiger partial charge in [-0.3, -0.25) is 14.5 Å². The van der Waals surface area contributed by atoms with Gasteiger partial charge < -0.3 is 4.90 Å². The molecule has 0 spiro atoms. The zero-order valence-electron chi connectivity index (χ0n) is 16.8. The van der Waals surface area contributed by atoms with Gasteiger partial charge in [-0.1, -0.05) is 76.2 Å². The third kappa shape index (κ3) is 6.24. The first kappa shape index (κ1) is 20.7. The molecule has 0 heterocycles. The second kappa shape index (κ2) is 9.91. The molecule has 0 N–H and O–H groups in total. The number of benzene rings is 2. The quantitative estimate of drug-likeness (QED) is 0.683. The van der Waals surface area contributed by atoms with Crippen LogP contribution in [0.2, 0.25) is 0 Å². The Morgan fingerprint density at radius 2 is 1.22 bits per heavy atom. The van der Waals surface area contributed by atoms with Crippen LogP contribution in [-0.4, -0.2) is 29.8 Å². The number of rotatable bonds is 7. The number of hydrogen-bond donors (Lipinski definition) is 0. The molecule has 0 atom stereocenters. The predicted molar refractivity (Wildman–Crippen MR) is 110 cm³/mol. The number of hydrogen-bond acceptors (Lipinski definition) is 2. The Morgan fingerprint density at radius 1 is 0.741 bits per heavy atom. The second-order valence-corrected chi connectivity index (χ2v) is 7.71. The number of carbonyl (C=O) groups is 2. The van der Waals surface area contributed by atoms with Crippen molar-refractivity contribution < 1.29 is 9.59 Å². The van der Waals surface area contributed by atoms with E-state index in [1.165, 1.54) is 0 Å². The van der Waals surface area contributed by atoms with Crippen LogP contribution in [-0.2, 0) is 16.1 Å². The van der Waals surface area contributed by atoms with Gasteiger partial charge in [0.25, 0.3) is 0 Å².